The molecule has 0 radical (unpaired) electrons. The Morgan fingerprint density at radius 1 is 1.57 bits per heavy atom. The van der Waals surface area contributed by atoms with Gasteiger partial charge in [0.2, 0.25) is 0 Å². The molecule has 14 heavy (non-hydrogen) atoms. The zero-order valence-electron chi connectivity index (χ0n) is 8.48. The normalized spacial score (nSPS) is 37.1. The van der Waals surface area contributed by atoms with Gasteiger partial charge in [-0.25, -0.2) is 0 Å². The van der Waals surface area contributed by atoms with Gasteiger partial charge in [0, 0.05) is 13.1 Å². The van der Waals surface area contributed by atoms with E-state index < -0.39 is 0 Å². The van der Waals surface area contributed by atoms with Crippen molar-refractivity contribution >= 4 is 5.97 Å². The van der Waals surface area contributed by atoms with Crippen LogP contribution in [0.1, 0.15) is 19.3 Å². The minimum absolute atomic E-state index is 0.0160. The fourth-order valence-corrected chi connectivity index (χ4v) is 2.24. The summed E-state index contributed by atoms with van der Waals surface area (Å²) in [5, 5.41) is 9.13. The molecule has 2 rings (SSSR count). The molecular weight excluding hydrogens is 182 g/mol. The number of hydrogen-bond acceptors (Lipinski definition) is 4. The van der Waals surface area contributed by atoms with Gasteiger partial charge in [0.25, 0.3) is 0 Å². The van der Waals surface area contributed by atoms with Crippen LogP contribution in [0.4, 0.5) is 0 Å². The van der Waals surface area contributed by atoms with Crippen LogP contribution in [0.15, 0.2) is 0 Å². The molecule has 0 spiro atoms. The third-order valence-electron chi connectivity index (χ3n) is 3.31. The highest BCUT2D eigenvalue weighted by Gasteiger charge is 2.38. The topological polar surface area (TPSA) is 49.8 Å². The van der Waals surface area contributed by atoms with Crippen molar-refractivity contribution in [2.75, 3.05) is 20.2 Å². The average molecular weight is 199 g/mol. The molecule has 2 fully saturated rings. The van der Waals surface area contributed by atoms with Gasteiger partial charge in [-0.2, -0.15) is 0 Å². The number of methoxy groups -OCH3 is 1. The Morgan fingerprint density at radius 2 is 2.29 bits per heavy atom. The van der Waals surface area contributed by atoms with Crippen LogP contribution in [0.2, 0.25) is 0 Å². The number of ether oxygens (including phenoxy) is 1. The van der Waals surface area contributed by atoms with Gasteiger partial charge in [0.15, 0.2) is 0 Å². The van der Waals surface area contributed by atoms with Crippen LogP contribution in [0.3, 0.4) is 0 Å². The molecule has 1 N–H and O–H groups in total. The highest BCUT2D eigenvalue weighted by molar-refractivity contribution is 5.76. The second kappa shape index (κ2) is 3.87. The molecule has 80 valence electrons. The van der Waals surface area contributed by atoms with Gasteiger partial charge in [-0.15, -0.1) is 0 Å². The first-order valence-corrected chi connectivity index (χ1v) is 5.20. The minimum atomic E-state index is -0.115. The monoisotopic (exact) mass is 199 g/mol. The van der Waals surface area contributed by atoms with Gasteiger partial charge in [-0.1, -0.05) is 0 Å². The third kappa shape index (κ3) is 1.77. The number of carbonyl (C=O) groups excluding carboxylic acids is 1. The number of nitrogens with zero attached hydrogens (tertiary/aromatic N) is 1. The van der Waals surface area contributed by atoms with Gasteiger partial charge in [0.05, 0.1) is 13.2 Å². The lowest BCUT2D eigenvalue weighted by Gasteiger charge is -2.43. The molecule has 1 atom stereocenters. The largest absolute Gasteiger partial charge is 0.468 e. The van der Waals surface area contributed by atoms with Gasteiger partial charge in [0.1, 0.15) is 6.04 Å². The molecule has 0 aromatic heterocycles. The smallest absolute Gasteiger partial charge is 0.323 e. The summed E-state index contributed by atoms with van der Waals surface area (Å²) in [4.78, 5) is 13.4. The van der Waals surface area contributed by atoms with Crippen molar-refractivity contribution in [1.82, 2.24) is 4.90 Å². The predicted molar refractivity (Wildman–Crippen MR) is 50.7 cm³/mol. The standard InChI is InChI=1S/C10H17NO3/c1-14-10(13)9-2-3-11(9)6-7-4-8(12)5-7/h7-9,12H,2-6H2,1H3. The van der Waals surface area contributed by atoms with Crippen molar-refractivity contribution in [3.63, 3.8) is 0 Å². The van der Waals surface area contributed by atoms with Gasteiger partial charge in [-0.3, -0.25) is 9.69 Å². The lowest BCUT2D eigenvalue weighted by Crippen LogP contribution is -2.55. The lowest BCUT2D eigenvalue weighted by atomic mass is 9.81. The van der Waals surface area contributed by atoms with Gasteiger partial charge in [-0.05, 0) is 25.2 Å². The van der Waals surface area contributed by atoms with E-state index in [9.17, 15) is 4.79 Å². The number of esters is 1. The van der Waals surface area contributed by atoms with E-state index in [1.807, 2.05) is 0 Å². The van der Waals surface area contributed by atoms with Crippen molar-refractivity contribution in [2.45, 2.75) is 31.4 Å². The van der Waals surface area contributed by atoms with Crippen molar-refractivity contribution in [3.05, 3.63) is 0 Å². The van der Waals surface area contributed by atoms with E-state index in [4.69, 9.17) is 9.84 Å². The number of aliphatic hydroxyl groups excluding tert-OH is 1. The summed E-state index contributed by atoms with van der Waals surface area (Å²) in [5.74, 6) is 0.466. The van der Waals surface area contributed by atoms with E-state index in [1.165, 1.54) is 7.11 Å². The van der Waals surface area contributed by atoms with Crippen LogP contribution < -0.4 is 0 Å². The molecule has 0 amide bonds. The molecule has 1 saturated heterocycles. The fourth-order valence-electron chi connectivity index (χ4n) is 2.24. The van der Waals surface area contributed by atoms with Crippen LogP contribution in [0.5, 0.6) is 0 Å². The second-order valence-corrected chi connectivity index (χ2v) is 4.31. The Morgan fingerprint density at radius 3 is 2.71 bits per heavy atom. The maximum Gasteiger partial charge on any atom is 0.323 e. The molecule has 4 nitrogen and oxygen atoms in total. The molecule has 0 aromatic carbocycles. The molecule has 4 heteroatoms. The van der Waals surface area contributed by atoms with E-state index >= 15 is 0 Å². The van der Waals surface area contributed by atoms with Crippen molar-refractivity contribution in [2.24, 2.45) is 5.92 Å². The summed E-state index contributed by atoms with van der Waals surface area (Å²) < 4.78 is 4.71. The number of likely N-dealkylation sites (tertiary alicyclic amines) is 1. The molecule has 1 aliphatic carbocycles. The van der Waals surface area contributed by atoms with E-state index in [2.05, 4.69) is 4.90 Å². The van der Waals surface area contributed by atoms with Crippen LogP contribution >= 0.6 is 0 Å². The zero-order chi connectivity index (χ0) is 10.1. The molecule has 1 saturated carbocycles. The minimum Gasteiger partial charge on any atom is -0.468 e. The fraction of sp³-hybridized carbons (Fsp3) is 0.900. The molecule has 1 unspecified atom stereocenters. The summed E-state index contributed by atoms with van der Waals surface area (Å²) in [6, 6.07) is -0.0160. The van der Waals surface area contributed by atoms with Crippen LogP contribution in [0.25, 0.3) is 0 Å². The molecular formula is C10H17NO3. The number of carbonyl (C=O) groups is 1. The lowest BCUT2D eigenvalue weighted by molar-refractivity contribution is -0.153. The number of hydrogen-bond donors (Lipinski definition) is 1. The third-order valence-corrected chi connectivity index (χ3v) is 3.31. The molecule has 0 aromatic rings. The Hall–Kier alpha value is -0.610. The van der Waals surface area contributed by atoms with Crippen LogP contribution in [-0.2, 0) is 9.53 Å². The van der Waals surface area contributed by atoms with E-state index in [1.54, 1.807) is 0 Å². The Balaban J connectivity index is 1.74. The second-order valence-electron chi connectivity index (χ2n) is 4.31. The number of aliphatic hydroxyl groups is 1. The molecule has 1 heterocycles. The molecule has 2 aliphatic rings. The van der Waals surface area contributed by atoms with E-state index in [-0.39, 0.29) is 18.1 Å². The highest BCUT2D eigenvalue weighted by atomic mass is 16.5. The highest BCUT2D eigenvalue weighted by Crippen LogP contribution is 2.31. The van der Waals surface area contributed by atoms with Crippen molar-refractivity contribution in [3.8, 4) is 0 Å². The van der Waals surface area contributed by atoms with E-state index in [0.717, 1.165) is 32.4 Å². The van der Waals surface area contributed by atoms with Crippen molar-refractivity contribution < 1.29 is 14.6 Å². The van der Waals surface area contributed by atoms with Crippen LogP contribution in [-0.4, -0.2) is 48.3 Å². The summed E-state index contributed by atoms with van der Waals surface area (Å²) in [6.45, 7) is 1.93. The summed E-state index contributed by atoms with van der Waals surface area (Å²) in [7, 11) is 1.44. The first kappa shape index (κ1) is 9.93. The van der Waals surface area contributed by atoms with E-state index in [0.29, 0.717) is 5.92 Å². The maximum absolute atomic E-state index is 11.2. The predicted octanol–water partition coefficient (Wildman–Crippen LogP) is 0.00460. The Bertz CT molecular complexity index is 225. The summed E-state index contributed by atoms with van der Waals surface area (Å²) >= 11 is 0. The first-order valence-electron chi connectivity index (χ1n) is 5.20. The number of rotatable bonds is 3. The quantitative estimate of drug-likeness (QED) is 0.650. The molecule has 1 aliphatic heterocycles. The maximum atomic E-state index is 11.2. The summed E-state index contributed by atoms with van der Waals surface area (Å²) in [5.41, 5.74) is 0. The molecule has 0 bridgehead atoms. The van der Waals surface area contributed by atoms with Gasteiger partial charge >= 0.3 is 5.97 Å². The summed E-state index contributed by atoms with van der Waals surface area (Å²) in [6.07, 6.45) is 2.61. The van der Waals surface area contributed by atoms with Crippen LogP contribution in [0, 0.1) is 5.92 Å². The average Bonchev–Trinajstić information content (AvgIpc) is 2.08. The van der Waals surface area contributed by atoms with Gasteiger partial charge < -0.3 is 9.84 Å². The first-order chi connectivity index (χ1) is 6.70. The SMILES string of the molecule is COC(=O)C1CCN1CC1CC(O)C1. The Kier molecular flexibility index (Phi) is 2.74. The zero-order valence-corrected chi connectivity index (χ0v) is 8.48. The Labute approximate surface area is 83.8 Å². The van der Waals surface area contributed by atoms with Crippen molar-refractivity contribution in [1.29, 1.82) is 0 Å².